The van der Waals surface area contributed by atoms with Gasteiger partial charge in [0.15, 0.2) is 0 Å². The molecule has 4 heteroatoms. The summed E-state index contributed by atoms with van der Waals surface area (Å²) in [6.45, 7) is 4.71. The van der Waals surface area contributed by atoms with E-state index in [0.29, 0.717) is 17.9 Å². The summed E-state index contributed by atoms with van der Waals surface area (Å²) in [5, 5.41) is 1.82. The van der Waals surface area contributed by atoms with Gasteiger partial charge in [-0.15, -0.1) is 0 Å². The molecule has 0 unspecified atom stereocenters. The highest BCUT2D eigenvalue weighted by molar-refractivity contribution is 5.95. The molecule has 0 saturated heterocycles. The van der Waals surface area contributed by atoms with Gasteiger partial charge in [-0.1, -0.05) is 23.8 Å². The van der Waals surface area contributed by atoms with Crippen LogP contribution in [0.1, 0.15) is 22.8 Å². The topological polar surface area (TPSA) is 41.6 Å². The summed E-state index contributed by atoms with van der Waals surface area (Å²) >= 11 is 0. The fraction of sp³-hybridized carbons (Fsp3) is 0.235. The fourth-order valence-electron chi connectivity index (χ4n) is 2.00. The van der Waals surface area contributed by atoms with Crippen LogP contribution >= 0.6 is 0 Å². The van der Waals surface area contributed by atoms with E-state index in [0.717, 1.165) is 5.69 Å². The summed E-state index contributed by atoms with van der Waals surface area (Å²) < 4.78 is 5.14. The van der Waals surface area contributed by atoms with Crippen molar-refractivity contribution < 1.29 is 9.53 Å². The largest absolute Gasteiger partial charge is 0.497 e. The molecule has 0 aliphatic rings. The van der Waals surface area contributed by atoms with Gasteiger partial charge in [0.1, 0.15) is 5.75 Å². The van der Waals surface area contributed by atoms with Crippen LogP contribution in [0.25, 0.3) is 0 Å². The lowest BCUT2D eigenvalue weighted by atomic mass is 10.2. The highest BCUT2D eigenvalue weighted by Gasteiger charge is 2.11. The molecule has 0 heterocycles. The molecule has 2 aromatic carbocycles. The minimum Gasteiger partial charge on any atom is -0.497 e. The van der Waals surface area contributed by atoms with E-state index >= 15 is 0 Å². The molecule has 1 amide bonds. The van der Waals surface area contributed by atoms with Crippen LogP contribution in [0.5, 0.6) is 5.75 Å². The van der Waals surface area contributed by atoms with Crippen molar-refractivity contribution in [2.24, 2.45) is 0 Å². The molecular weight excluding hydrogens is 264 g/mol. The molecule has 1 N–H and O–H groups in total. The van der Waals surface area contributed by atoms with Gasteiger partial charge < -0.3 is 4.74 Å². The maximum Gasteiger partial charge on any atom is 0.269 e. The van der Waals surface area contributed by atoms with E-state index in [1.165, 1.54) is 5.56 Å². The Bertz CT molecular complexity index is 608. The Kier molecular flexibility index (Phi) is 4.82. The third-order valence-electron chi connectivity index (χ3n) is 3.23. The molecule has 0 spiro atoms. The number of hydrogen-bond acceptors (Lipinski definition) is 3. The molecule has 21 heavy (non-hydrogen) atoms. The van der Waals surface area contributed by atoms with Gasteiger partial charge in [-0.25, -0.2) is 0 Å². The van der Waals surface area contributed by atoms with Crippen molar-refractivity contribution in [3.63, 3.8) is 0 Å². The minimum atomic E-state index is -0.156. The number of hydrazine groups is 1. The summed E-state index contributed by atoms with van der Waals surface area (Å²) in [4.78, 5) is 12.3. The number of benzene rings is 2. The van der Waals surface area contributed by atoms with Crippen LogP contribution in [-0.2, 0) is 0 Å². The van der Waals surface area contributed by atoms with Crippen molar-refractivity contribution in [1.82, 2.24) is 5.43 Å². The molecule has 0 bridgehead atoms. The summed E-state index contributed by atoms with van der Waals surface area (Å²) in [7, 11) is 1.58. The Morgan fingerprint density at radius 1 is 1.19 bits per heavy atom. The van der Waals surface area contributed by atoms with Crippen molar-refractivity contribution in [3.05, 3.63) is 59.7 Å². The number of methoxy groups -OCH3 is 1. The number of nitrogens with zero attached hydrogens (tertiary/aromatic N) is 1. The van der Waals surface area contributed by atoms with Crippen LogP contribution < -0.4 is 15.2 Å². The van der Waals surface area contributed by atoms with Gasteiger partial charge in [0.2, 0.25) is 0 Å². The average molecular weight is 284 g/mol. The Hall–Kier alpha value is -2.49. The molecule has 0 aromatic heterocycles. The first-order valence-electron chi connectivity index (χ1n) is 6.93. The second-order valence-electron chi connectivity index (χ2n) is 4.75. The highest BCUT2D eigenvalue weighted by Crippen LogP contribution is 2.15. The Morgan fingerprint density at radius 3 is 2.52 bits per heavy atom. The van der Waals surface area contributed by atoms with E-state index in [-0.39, 0.29) is 5.91 Å². The maximum absolute atomic E-state index is 12.3. The van der Waals surface area contributed by atoms with E-state index in [2.05, 4.69) is 5.43 Å². The normalized spacial score (nSPS) is 10.0. The molecule has 4 nitrogen and oxygen atoms in total. The lowest BCUT2D eigenvalue weighted by Gasteiger charge is -2.24. The van der Waals surface area contributed by atoms with E-state index in [9.17, 15) is 4.79 Å². The second-order valence-corrected chi connectivity index (χ2v) is 4.75. The van der Waals surface area contributed by atoms with E-state index in [4.69, 9.17) is 4.74 Å². The van der Waals surface area contributed by atoms with Crippen LogP contribution in [0.3, 0.4) is 0 Å². The van der Waals surface area contributed by atoms with Crippen molar-refractivity contribution in [1.29, 1.82) is 0 Å². The molecule has 110 valence electrons. The van der Waals surface area contributed by atoms with Gasteiger partial charge in [0, 0.05) is 12.1 Å². The summed E-state index contributed by atoms with van der Waals surface area (Å²) in [6.07, 6.45) is 0. The highest BCUT2D eigenvalue weighted by atomic mass is 16.5. The number of amides is 1. The Labute approximate surface area is 125 Å². The molecule has 0 aliphatic carbocycles. The first-order chi connectivity index (χ1) is 10.1. The molecule has 0 atom stereocenters. The first-order valence-corrected chi connectivity index (χ1v) is 6.93. The van der Waals surface area contributed by atoms with Crippen molar-refractivity contribution in [2.45, 2.75) is 13.8 Å². The van der Waals surface area contributed by atoms with Crippen LogP contribution in [-0.4, -0.2) is 19.6 Å². The quantitative estimate of drug-likeness (QED) is 0.857. The summed E-state index contributed by atoms with van der Waals surface area (Å²) in [6, 6.07) is 15.1. The Morgan fingerprint density at radius 2 is 1.90 bits per heavy atom. The zero-order valence-corrected chi connectivity index (χ0v) is 12.6. The predicted octanol–water partition coefficient (Wildman–Crippen LogP) is 3.17. The van der Waals surface area contributed by atoms with Crippen molar-refractivity contribution >= 4 is 11.6 Å². The fourth-order valence-corrected chi connectivity index (χ4v) is 2.00. The number of aryl methyl sites for hydroxylation is 1. The summed E-state index contributed by atoms with van der Waals surface area (Å²) in [5.41, 5.74) is 5.62. The molecular formula is C17H20N2O2. The molecule has 2 aromatic rings. The van der Waals surface area contributed by atoms with E-state index in [1.54, 1.807) is 25.3 Å². The number of carbonyl (C=O) groups excluding carboxylic acids is 1. The monoisotopic (exact) mass is 284 g/mol. The van der Waals surface area contributed by atoms with Gasteiger partial charge in [-0.2, -0.15) is 0 Å². The standard InChI is InChI=1S/C17H20N2O2/c1-4-19(15-10-8-13(2)9-11-15)18-17(20)14-6-5-7-16(12-14)21-3/h5-12H,4H2,1-3H3,(H,18,20). The zero-order valence-electron chi connectivity index (χ0n) is 12.6. The van der Waals surface area contributed by atoms with Crippen LogP contribution in [0.15, 0.2) is 48.5 Å². The maximum atomic E-state index is 12.3. The Balaban J connectivity index is 2.14. The average Bonchev–Trinajstić information content (AvgIpc) is 2.53. The number of hydrogen-bond donors (Lipinski definition) is 1. The van der Waals surface area contributed by atoms with Crippen LogP contribution in [0.4, 0.5) is 5.69 Å². The third-order valence-corrected chi connectivity index (χ3v) is 3.23. The van der Waals surface area contributed by atoms with Crippen molar-refractivity contribution in [3.8, 4) is 5.75 Å². The molecule has 0 aliphatic heterocycles. The second kappa shape index (κ2) is 6.79. The van der Waals surface area contributed by atoms with Gasteiger partial charge >= 0.3 is 0 Å². The smallest absolute Gasteiger partial charge is 0.269 e. The molecule has 0 saturated carbocycles. The van der Waals surface area contributed by atoms with Gasteiger partial charge in [0.05, 0.1) is 12.8 Å². The van der Waals surface area contributed by atoms with E-state index < -0.39 is 0 Å². The third kappa shape index (κ3) is 3.75. The summed E-state index contributed by atoms with van der Waals surface area (Å²) in [5.74, 6) is 0.511. The first kappa shape index (κ1) is 14.9. The number of nitrogens with one attached hydrogen (secondary N) is 1. The van der Waals surface area contributed by atoms with Gasteiger partial charge in [0.25, 0.3) is 5.91 Å². The molecule has 2 rings (SSSR count). The SMILES string of the molecule is CCN(NC(=O)c1cccc(OC)c1)c1ccc(C)cc1. The number of rotatable bonds is 5. The van der Waals surface area contributed by atoms with E-state index in [1.807, 2.05) is 49.2 Å². The lowest BCUT2D eigenvalue weighted by molar-refractivity contribution is 0.0949. The minimum absolute atomic E-state index is 0.156. The zero-order chi connectivity index (χ0) is 15.2. The van der Waals surface area contributed by atoms with Crippen LogP contribution in [0, 0.1) is 6.92 Å². The van der Waals surface area contributed by atoms with Gasteiger partial charge in [-0.05, 0) is 44.2 Å². The number of anilines is 1. The van der Waals surface area contributed by atoms with Crippen molar-refractivity contribution in [2.75, 3.05) is 18.7 Å². The lowest BCUT2D eigenvalue weighted by Crippen LogP contribution is -2.42. The van der Waals surface area contributed by atoms with Crippen LogP contribution in [0.2, 0.25) is 0 Å². The number of carbonyl (C=O) groups is 1. The number of ether oxygens (including phenoxy) is 1. The predicted molar refractivity (Wildman–Crippen MR) is 84.7 cm³/mol. The van der Waals surface area contributed by atoms with Gasteiger partial charge in [-0.3, -0.25) is 15.2 Å². The molecule has 0 fully saturated rings. The molecule has 0 radical (unpaired) electrons.